The third-order valence-electron chi connectivity index (χ3n) is 3.88. The number of hydrogen-bond donors (Lipinski definition) is 3. The van der Waals surface area contributed by atoms with Gasteiger partial charge in [0.2, 0.25) is 0 Å². The zero-order valence-electron chi connectivity index (χ0n) is 14.4. The van der Waals surface area contributed by atoms with Crippen molar-refractivity contribution < 1.29 is 14.5 Å². The topological polar surface area (TPSA) is 118 Å². The predicted octanol–water partition coefficient (Wildman–Crippen LogP) is 1.89. The summed E-state index contributed by atoms with van der Waals surface area (Å²) < 4.78 is 1.78. The number of nitrogens with zero attached hydrogens (tertiary/aromatic N) is 2. The molecule has 3 rings (SSSR count). The van der Waals surface area contributed by atoms with E-state index in [4.69, 9.17) is 12.2 Å². The Morgan fingerprint density at radius 1 is 1.04 bits per heavy atom. The second-order valence-corrected chi connectivity index (χ2v) is 6.17. The van der Waals surface area contributed by atoms with Crippen LogP contribution in [0.1, 0.15) is 10.4 Å². The average molecular weight is 397 g/mol. The lowest BCUT2D eigenvalue weighted by Gasteiger charge is -2.11. The minimum Gasteiger partial charge on any atom is -0.338 e. The molecule has 28 heavy (non-hydrogen) atoms. The van der Waals surface area contributed by atoms with Gasteiger partial charge in [-0.25, -0.2) is 0 Å². The van der Waals surface area contributed by atoms with E-state index in [1.165, 1.54) is 24.3 Å². The molecule has 0 unspecified atom stereocenters. The number of benzene rings is 2. The number of para-hydroxylation sites is 1. The van der Waals surface area contributed by atoms with Crippen molar-refractivity contribution in [2.24, 2.45) is 0 Å². The van der Waals surface area contributed by atoms with Crippen LogP contribution in [0.5, 0.6) is 0 Å². The first-order valence-electron chi connectivity index (χ1n) is 8.12. The molecule has 0 saturated heterocycles. The summed E-state index contributed by atoms with van der Waals surface area (Å²) in [6.07, 6.45) is 1.80. The molecular weight excluding hydrogens is 382 g/mol. The first-order valence-corrected chi connectivity index (χ1v) is 8.53. The number of hydrogen-bond acceptors (Lipinski definition) is 5. The van der Waals surface area contributed by atoms with Gasteiger partial charge in [-0.1, -0.05) is 18.2 Å². The predicted molar refractivity (Wildman–Crippen MR) is 106 cm³/mol. The molecule has 0 bridgehead atoms. The quantitative estimate of drug-likeness (QED) is 0.351. The van der Waals surface area contributed by atoms with Gasteiger partial charge >= 0.3 is 0 Å². The molecule has 1 aromatic heterocycles. The fourth-order valence-corrected chi connectivity index (χ4v) is 2.68. The first kappa shape index (κ1) is 19.0. The van der Waals surface area contributed by atoms with Crippen molar-refractivity contribution in [2.75, 3.05) is 0 Å². The van der Waals surface area contributed by atoms with Crippen LogP contribution in [0.15, 0.2) is 60.8 Å². The fraction of sp³-hybridized carbons (Fsp3) is 0.0556. The van der Waals surface area contributed by atoms with Crippen molar-refractivity contribution in [1.29, 1.82) is 0 Å². The molecule has 0 aliphatic heterocycles. The molecule has 0 fully saturated rings. The van der Waals surface area contributed by atoms with Gasteiger partial charge in [-0.15, -0.1) is 0 Å². The van der Waals surface area contributed by atoms with E-state index in [0.29, 0.717) is 0 Å². The molecule has 0 saturated carbocycles. The lowest BCUT2D eigenvalue weighted by Crippen LogP contribution is -2.49. The summed E-state index contributed by atoms with van der Waals surface area (Å²) in [5.74, 6) is -0.911. The summed E-state index contributed by atoms with van der Waals surface area (Å²) in [6.45, 7) is 0.0689. The van der Waals surface area contributed by atoms with Gasteiger partial charge in [0, 0.05) is 29.4 Å². The third kappa shape index (κ3) is 4.48. The van der Waals surface area contributed by atoms with Gasteiger partial charge in [-0.2, -0.15) is 0 Å². The lowest BCUT2D eigenvalue weighted by molar-refractivity contribution is -0.384. The molecular formula is C18H15N5O4S. The van der Waals surface area contributed by atoms with Gasteiger partial charge in [-0.3, -0.25) is 35.9 Å². The minimum absolute atomic E-state index is 0.0689. The molecule has 3 N–H and O–H groups in total. The number of carbonyl (C=O) groups is 2. The summed E-state index contributed by atoms with van der Waals surface area (Å²) in [4.78, 5) is 34.2. The van der Waals surface area contributed by atoms with E-state index in [9.17, 15) is 19.7 Å². The second kappa shape index (κ2) is 8.27. The number of nitro benzene ring substituents is 1. The van der Waals surface area contributed by atoms with Gasteiger partial charge in [0.05, 0.1) is 4.92 Å². The SMILES string of the molecule is O=C(Cn1ccc2ccccc21)NNC(=S)NC(=O)c1ccc([N+](=O)[O-])cc1. The highest BCUT2D eigenvalue weighted by atomic mass is 32.1. The van der Waals surface area contributed by atoms with E-state index >= 15 is 0 Å². The van der Waals surface area contributed by atoms with Crippen LogP contribution in [0.3, 0.4) is 0 Å². The van der Waals surface area contributed by atoms with Crippen molar-refractivity contribution in [3.05, 3.63) is 76.5 Å². The number of nitrogens with one attached hydrogen (secondary N) is 3. The van der Waals surface area contributed by atoms with Gasteiger partial charge in [0.25, 0.3) is 17.5 Å². The summed E-state index contributed by atoms with van der Waals surface area (Å²) in [5.41, 5.74) is 5.86. The van der Waals surface area contributed by atoms with Crippen molar-refractivity contribution in [2.45, 2.75) is 6.54 Å². The Bertz CT molecular complexity index is 1060. The van der Waals surface area contributed by atoms with Crippen LogP contribution in [0, 0.1) is 10.1 Å². The number of nitro groups is 1. The monoisotopic (exact) mass is 397 g/mol. The van der Waals surface area contributed by atoms with E-state index in [0.717, 1.165) is 10.9 Å². The van der Waals surface area contributed by atoms with Crippen molar-refractivity contribution in [3.8, 4) is 0 Å². The van der Waals surface area contributed by atoms with Crippen molar-refractivity contribution >= 4 is 45.7 Å². The number of fused-ring (bicyclic) bond motifs is 1. The van der Waals surface area contributed by atoms with Crippen LogP contribution in [0.4, 0.5) is 5.69 Å². The fourth-order valence-electron chi connectivity index (χ4n) is 2.54. The molecule has 142 valence electrons. The number of aromatic nitrogens is 1. The average Bonchev–Trinajstić information content (AvgIpc) is 3.09. The van der Waals surface area contributed by atoms with Gasteiger partial charge in [-0.05, 0) is 41.9 Å². The number of thiocarbonyl (C=S) groups is 1. The summed E-state index contributed by atoms with van der Waals surface area (Å²) in [6, 6.07) is 14.6. The normalized spacial score (nSPS) is 10.3. The largest absolute Gasteiger partial charge is 0.338 e. The van der Waals surface area contributed by atoms with Crippen molar-refractivity contribution in [3.63, 3.8) is 0 Å². The Balaban J connectivity index is 1.50. The van der Waals surface area contributed by atoms with Crippen LogP contribution in [-0.4, -0.2) is 26.4 Å². The Kier molecular flexibility index (Phi) is 5.61. The van der Waals surface area contributed by atoms with E-state index < -0.39 is 10.8 Å². The number of hydrazine groups is 1. The van der Waals surface area contributed by atoms with Crippen LogP contribution in [-0.2, 0) is 11.3 Å². The van der Waals surface area contributed by atoms with Gasteiger partial charge in [0.1, 0.15) is 6.54 Å². The highest BCUT2D eigenvalue weighted by Gasteiger charge is 2.11. The number of carbonyl (C=O) groups excluding carboxylic acids is 2. The number of rotatable bonds is 4. The van der Waals surface area contributed by atoms with Crippen LogP contribution in [0.2, 0.25) is 0 Å². The van der Waals surface area contributed by atoms with Crippen molar-refractivity contribution in [1.82, 2.24) is 20.7 Å². The third-order valence-corrected chi connectivity index (χ3v) is 4.08. The van der Waals surface area contributed by atoms with Crippen LogP contribution >= 0.6 is 12.2 Å². The molecule has 0 aliphatic carbocycles. The van der Waals surface area contributed by atoms with Gasteiger partial charge < -0.3 is 4.57 Å². The summed E-state index contributed by atoms with van der Waals surface area (Å²) in [7, 11) is 0. The molecule has 1 heterocycles. The lowest BCUT2D eigenvalue weighted by atomic mass is 10.2. The first-order chi connectivity index (χ1) is 13.4. The van der Waals surface area contributed by atoms with Crippen LogP contribution < -0.4 is 16.2 Å². The molecule has 0 radical (unpaired) electrons. The van der Waals surface area contributed by atoms with E-state index in [1.807, 2.05) is 30.3 Å². The molecule has 3 aromatic rings. The van der Waals surface area contributed by atoms with E-state index in [2.05, 4.69) is 16.2 Å². The highest BCUT2D eigenvalue weighted by Crippen LogP contribution is 2.14. The Morgan fingerprint density at radius 2 is 1.75 bits per heavy atom. The maximum Gasteiger partial charge on any atom is 0.269 e. The Hall–Kier alpha value is -3.79. The Morgan fingerprint density at radius 3 is 2.46 bits per heavy atom. The number of non-ortho nitro benzene ring substituents is 1. The zero-order valence-corrected chi connectivity index (χ0v) is 15.2. The highest BCUT2D eigenvalue weighted by molar-refractivity contribution is 7.80. The summed E-state index contributed by atoms with van der Waals surface area (Å²) in [5, 5.41) is 13.9. The molecule has 0 aliphatic rings. The molecule has 9 nitrogen and oxygen atoms in total. The molecule has 0 spiro atoms. The molecule has 0 atom stereocenters. The Labute approximate surface area is 164 Å². The standard InChI is InChI=1S/C18H15N5O4S/c24-16(11-22-10-9-12-3-1-2-4-15(12)22)20-21-18(28)19-17(25)13-5-7-14(8-6-13)23(26)27/h1-10H,11H2,(H,20,24)(H2,19,21,25,28). The van der Waals surface area contributed by atoms with Crippen LogP contribution in [0.25, 0.3) is 10.9 Å². The maximum atomic E-state index is 12.1. The molecule has 2 aromatic carbocycles. The number of amides is 2. The smallest absolute Gasteiger partial charge is 0.269 e. The van der Waals surface area contributed by atoms with E-state index in [-0.39, 0.29) is 28.8 Å². The maximum absolute atomic E-state index is 12.1. The molecule has 2 amide bonds. The second-order valence-electron chi connectivity index (χ2n) is 5.76. The van der Waals surface area contributed by atoms with E-state index in [1.54, 1.807) is 10.8 Å². The van der Waals surface area contributed by atoms with Gasteiger partial charge in [0.15, 0.2) is 5.11 Å². The minimum atomic E-state index is -0.558. The zero-order chi connectivity index (χ0) is 20.1. The summed E-state index contributed by atoms with van der Waals surface area (Å²) >= 11 is 4.97. The molecule has 10 heteroatoms.